The van der Waals surface area contributed by atoms with E-state index in [4.69, 9.17) is 12.2 Å². The van der Waals surface area contributed by atoms with E-state index in [2.05, 4.69) is 51.5 Å². The Morgan fingerprint density at radius 1 is 1.09 bits per heavy atom. The lowest BCUT2D eigenvalue weighted by molar-refractivity contribution is -0.139. The average Bonchev–Trinajstić information content (AvgIpc) is 3.39. The molecule has 0 aliphatic heterocycles. The van der Waals surface area contributed by atoms with Gasteiger partial charge >= 0.3 is 5.97 Å². The van der Waals surface area contributed by atoms with E-state index in [1.165, 1.54) is 12.7 Å². The average molecular weight is 508 g/mol. The van der Waals surface area contributed by atoms with Crippen molar-refractivity contribution in [3.8, 4) is 11.1 Å². The van der Waals surface area contributed by atoms with Gasteiger partial charge in [-0.1, -0.05) is 60.2 Å². The Balaban J connectivity index is 1.36. The van der Waals surface area contributed by atoms with Crippen molar-refractivity contribution in [2.45, 2.75) is 38.5 Å². The number of para-hydroxylation sites is 1. The van der Waals surface area contributed by atoms with Gasteiger partial charge in [0.05, 0.1) is 17.1 Å². The fraction of sp³-hybridized carbons (Fsp3) is 0.333. The maximum atomic E-state index is 13.0. The van der Waals surface area contributed by atoms with E-state index in [-0.39, 0.29) is 24.3 Å². The van der Waals surface area contributed by atoms with E-state index in [9.17, 15) is 9.59 Å². The van der Waals surface area contributed by atoms with Crippen LogP contribution in [0.15, 0.2) is 53.9 Å². The lowest BCUT2D eigenvalue weighted by atomic mass is 9.82. The summed E-state index contributed by atoms with van der Waals surface area (Å²) in [6.07, 6.45) is 3.77. The number of rotatable bonds is 7. The molecule has 0 unspecified atom stereocenters. The summed E-state index contributed by atoms with van der Waals surface area (Å²) in [7, 11) is 1.36. The minimum Gasteiger partial charge on any atom is -0.468 e. The van der Waals surface area contributed by atoms with Gasteiger partial charge in [0.25, 0.3) is 5.91 Å². The number of amides is 1. The monoisotopic (exact) mass is 507 g/mol. The number of esters is 1. The fourth-order valence-electron chi connectivity index (χ4n) is 4.32. The number of ether oxygens (including phenoxy) is 1. The molecular weight excluding hydrogens is 478 g/mol. The van der Waals surface area contributed by atoms with Gasteiger partial charge in [0, 0.05) is 28.5 Å². The highest BCUT2D eigenvalue weighted by atomic mass is 32.1. The molecule has 182 valence electrons. The highest BCUT2D eigenvalue weighted by molar-refractivity contribution is 7.80. The van der Waals surface area contributed by atoms with Gasteiger partial charge in [-0.25, -0.2) is 4.98 Å². The first-order valence-electron chi connectivity index (χ1n) is 11.7. The molecule has 0 spiro atoms. The molecule has 6 nitrogen and oxygen atoms in total. The number of benzene rings is 2. The van der Waals surface area contributed by atoms with Gasteiger partial charge in [0.1, 0.15) is 12.2 Å². The second-order valence-electron chi connectivity index (χ2n) is 8.78. The number of hydrogen-bond acceptors (Lipinski definition) is 6. The molecular formula is C27H29N3O3S2. The lowest BCUT2D eigenvalue weighted by Gasteiger charge is -2.28. The maximum absolute atomic E-state index is 13.0. The normalized spacial score (nSPS) is 17.4. The number of aryl methyl sites for hydroxylation is 1. The third-order valence-electron chi connectivity index (χ3n) is 6.37. The van der Waals surface area contributed by atoms with Gasteiger partial charge in [-0.2, -0.15) is 0 Å². The summed E-state index contributed by atoms with van der Waals surface area (Å²) in [5.74, 6) is 0.0537. The Labute approximate surface area is 215 Å². The van der Waals surface area contributed by atoms with Gasteiger partial charge < -0.3 is 15.4 Å². The van der Waals surface area contributed by atoms with E-state index < -0.39 is 0 Å². The zero-order valence-electron chi connectivity index (χ0n) is 19.9. The van der Waals surface area contributed by atoms with Crippen LogP contribution in [0.1, 0.15) is 52.7 Å². The van der Waals surface area contributed by atoms with Crippen LogP contribution in [0.2, 0.25) is 0 Å². The second-order valence-corrected chi connectivity index (χ2v) is 10.1. The first-order chi connectivity index (χ1) is 16.9. The van der Waals surface area contributed by atoms with Crippen LogP contribution >= 0.6 is 23.6 Å². The van der Waals surface area contributed by atoms with Crippen molar-refractivity contribution in [2.75, 3.05) is 19.0 Å². The van der Waals surface area contributed by atoms with Crippen molar-refractivity contribution in [2.24, 2.45) is 5.92 Å². The topological polar surface area (TPSA) is 80.3 Å². The molecule has 2 aromatic carbocycles. The van der Waals surface area contributed by atoms with E-state index in [0.29, 0.717) is 11.6 Å². The number of nitrogens with one attached hydrogen (secondary N) is 2. The zero-order chi connectivity index (χ0) is 24.8. The third-order valence-corrected chi connectivity index (χ3v) is 7.86. The summed E-state index contributed by atoms with van der Waals surface area (Å²) < 4.78 is 4.65. The molecule has 35 heavy (non-hydrogen) atoms. The number of anilines is 1. The summed E-state index contributed by atoms with van der Waals surface area (Å²) in [6, 6.07) is 16.1. The molecule has 1 heterocycles. The molecule has 2 N–H and O–H groups in total. The van der Waals surface area contributed by atoms with E-state index in [1.54, 1.807) is 11.3 Å². The standard InChI is InChI=1S/C27H29N3O3S2/c1-17-7-9-18(10-8-17)21-5-3-4-6-22(21)29-25(32)23-16-35-27(30-23)20-13-11-19(12-14-20)26(34)28-15-24(31)33-2/h3-10,16,19-20H,11-15H2,1-2H3,(H,28,34)(H,29,32). The van der Waals surface area contributed by atoms with Crippen molar-refractivity contribution in [3.05, 3.63) is 70.2 Å². The summed E-state index contributed by atoms with van der Waals surface area (Å²) in [4.78, 5) is 29.7. The Kier molecular flexibility index (Phi) is 8.25. The highest BCUT2D eigenvalue weighted by Gasteiger charge is 2.27. The van der Waals surface area contributed by atoms with Gasteiger partial charge in [0.15, 0.2) is 0 Å². The Morgan fingerprint density at radius 2 is 1.80 bits per heavy atom. The number of thiazole rings is 1. The second kappa shape index (κ2) is 11.6. The third kappa shape index (κ3) is 6.32. The molecule has 1 aliphatic carbocycles. The van der Waals surface area contributed by atoms with Crippen molar-refractivity contribution >= 4 is 46.1 Å². The first kappa shape index (κ1) is 25.0. The van der Waals surface area contributed by atoms with E-state index >= 15 is 0 Å². The summed E-state index contributed by atoms with van der Waals surface area (Å²) in [5, 5.41) is 8.89. The fourth-order valence-corrected chi connectivity index (χ4v) is 5.60. The van der Waals surface area contributed by atoms with Gasteiger partial charge in [0.2, 0.25) is 0 Å². The van der Waals surface area contributed by atoms with Gasteiger partial charge in [-0.15, -0.1) is 11.3 Å². The number of carbonyl (C=O) groups is 2. The van der Waals surface area contributed by atoms with Crippen molar-refractivity contribution in [1.29, 1.82) is 0 Å². The number of nitrogens with zero attached hydrogens (tertiary/aromatic N) is 1. The highest BCUT2D eigenvalue weighted by Crippen LogP contribution is 2.37. The predicted octanol–water partition coefficient (Wildman–Crippen LogP) is 5.73. The molecule has 0 saturated heterocycles. The molecule has 0 atom stereocenters. The van der Waals surface area contributed by atoms with Crippen LogP contribution in [-0.2, 0) is 9.53 Å². The molecule has 0 bridgehead atoms. The molecule has 1 amide bonds. The van der Waals surface area contributed by atoms with E-state index in [0.717, 1.165) is 52.5 Å². The predicted molar refractivity (Wildman–Crippen MR) is 144 cm³/mol. The minimum absolute atomic E-state index is 0.104. The molecule has 8 heteroatoms. The molecule has 1 aromatic heterocycles. The van der Waals surface area contributed by atoms with Crippen LogP contribution in [0, 0.1) is 12.8 Å². The smallest absolute Gasteiger partial charge is 0.325 e. The van der Waals surface area contributed by atoms with Crippen LogP contribution in [-0.4, -0.2) is 35.5 Å². The Morgan fingerprint density at radius 3 is 2.51 bits per heavy atom. The van der Waals surface area contributed by atoms with Crippen LogP contribution in [0.4, 0.5) is 5.69 Å². The number of thiocarbonyl (C=S) groups is 1. The minimum atomic E-state index is -0.323. The molecule has 1 fully saturated rings. The zero-order valence-corrected chi connectivity index (χ0v) is 21.5. The van der Waals surface area contributed by atoms with Gasteiger partial charge in [-0.3, -0.25) is 9.59 Å². The quantitative estimate of drug-likeness (QED) is 0.314. The van der Waals surface area contributed by atoms with Crippen LogP contribution in [0.25, 0.3) is 11.1 Å². The summed E-state index contributed by atoms with van der Waals surface area (Å²) in [5.41, 5.74) is 4.44. The molecule has 1 aliphatic rings. The van der Waals surface area contributed by atoms with Crippen molar-refractivity contribution in [3.63, 3.8) is 0 Å². The number of aromatic nitrogens is 1. The van der Waals surface area contributed by atoms with Crippen LogP contribution < -0.4 is 10.6 Å². The van der Waals surface area contributed by atoms with Crippen LogP contribution in [0.5, 0.6) is 0 Å². The van der Waals surface area contributed by atoms with Crippen LogP contribution in [0.3, 0.4) is 0 Å². The largest absolute Gasteiger partial charge is 0.468 e. The van der Waals surface area contributed by atoms with Crippen molar-refractivity contribution in [1.82, 2.24) is 10.3 Å². The SMILES string of the molecule is COC(=O)CNC(=S)C1CCC(c2nc(C(=O)Nc3ccccc3-c3ccc(C)cc3)cs2)CC1. The van der Waals surface area contributed by atoms with E-state index in [1.807, 2.05) is 29.6 Å². The van der Waals surface area contributed by atoms with Crippen molar-refractivity contribution < 1.29 is 14.3 Å². The maximum Gasteiger partial charge on any atom is 0.325 e. The lowest BCUT2D eigenvalue weighted by Crippen LogP contribution is -2.35. The molecule has 4 rings (SSSR count). The Hall–Kier alpha value is -3.10. The first-order valence-corrected chi connectivity index (χ1v) is 13.0. The summed E-state index contributed by atoms with van der Waals surface area (Å²) >= 11 is 7.01. The Bertz CT molecular complexity index is 1200. The molecule has 0 radical (unpaired) electrons. The number of carbonyl (C=O) groups excluding carboxylic acids is 2. The summed E-state index contributed by atoms with van der Waals surface area (Å²) in [6.45, 7) is 2.16. The number of methoxy groups -OCH3 is 1. The molecule has 1 saturated carbocycles. The van der Waals surface area contributed by atoms with Gasteiger partial charge in [-0.05, 0) is 44.2 Å². The molecule has 3 aromatic rings. The number of hydrogen-bond donors (Lipinski definition) is 2.